The summed E-state index contributed by atoms with van der Waals surface area (Å²) in [5.41, 5.74) is 0.860. The Hall–Kier alpha value is -2.41. The Morgan fingerprint density at radius 2 is 2.14 bits per heavy atom. The first kappa shape index (κ1) is 17.7. The summed E-state index contributed by atoms with van der Waals surface area (Å²) in [6.07, 6.45) is 3.35. The van der Waals surface area contributed by atoms with E-state index in [0.29, 0.717) is 22.9 Å². The van der Waals surface area contributed by atoms with Crippen molar-refractivity contribution < 1.29 is 14.3 Å². The summed E-state index contributed by atoms with van der Waals surface area (Å²) in [7, 11) is 0. The molecule has 28 heavy (non-hydrogen) atoms. The molecule has 7 heteroatoms. The van der Waals surface area contributed by atoms with E-state index in [1.165, 1.54) is 11.3 Å². The molecule has 0 unspecified atom stereocenters. The number of carbonyl (C=O) groups excluding carboxylic acids is 2. The predicted octanol–water partition coefficient (Wildman–Crippen LogP) is 3.65. The number of nitrogens with zero attached hydrogens (tertiary/aromatic N) is 1. The van der Waals surface area contributed by atoms with Gasteiger partial charge in [-0.15, -0.1) is 11.3 Å². The summed E-state index contributed by atoms with van der Waals surface area (Å²) < 4.78 is 6.36. The highest BCUT2D eigenvalue weighted by Gasteiger charge is 2.57. The summed E-state index contributed by atoms with van der Waals surface area (Å²) in [6, 6.07) is 7.37. The molecule has 1 spiro atoms. The van der Waals surface area contributed by atoms with Crippen LogP contribution in [0, 0.1) is 31.6 Å². The number of aryl methyl sites for hydroxylation is 2. The number of carbonyl (C=O) groups is 2. The van der Waals surface area contributed by atoms with Crippen molar-refractivity contribution in [2.75, 3.05) is 5.32 Å². The first-order valence-corrected chi connectivity index (χ1v) is 10.6. The van der Waals surface area contributed by atoms with Crippen LogP contribution < -0.4 is 15.4 Å². The van der Waals surface area contributed by atoms with Gasteiger partial charge in [0, 0.05) is 23.1 Å². The first-order valence-electron chi connectivity index (χ1n) is 9.80. The molecular weight excluding hydrogens is 374 g/mol. The van der Waals surface area contributed by atoms with Gasteiger partial charge in [0.15, 0.2) is 10.9 Å². The van der Waals surface area contributed by atoms with Gasteiger partial charge in [0.25, 0.3) is 5.91 Å². The summed E-state index contributed by atoms with van der Waals surface area (Å²) in [5, 5.41) is 6.82. The van der Waals surface area contributed by atoms with Crippen LogP contribution in [0.4, 0.5) is 5.13 Å². The van der Waals surface area contributed by atoms with Gasteiger partial charge in [-0.25, -0.2) is 4.98 Å². The molecule has 6 rings (SSSR count). The van der Waals surface area contributed by atoms with E-state index in [4.69, 9.17) is 4.74 Å². The van der Waals surface area contributed by atoms with Crippen LogP contribution >= 0.6 is 11.3 Å². The first-order chi connectivity index (χ1) is 13.4. The topological polar surface area (TPSA) is 80.3 Å². The summed E-state index contributed by atoms with van der Waals surface area (Å²) in [6.45, 7) is 3.96. The van der Waals surface area contributed by atoms with Crippen molar-refractivity contribution in [1.29, 1.82) is 0 Å². The van der Waals surface area contributed by atoms with Gasteiger partial charge in [0.1, 0.15) is 5.75 Å². The third-order valence-corrected chi connectivity index (χ3v) is 7.55. The lowest BCUT2D eigenvalue weighted by Crippen LogP contribution is -2.66. The standard InChI is InChI=1S/C21H23N3O3S/c1-11-12(2)28-20(22-11)23-18(25)16-9-14-8-7-13(16)10-21(14)24-19(26)15-5-3-4-6-17(15)27-21/h3-6,13-14,16H,7-10H2,1-2H3,(H,24,26)(H,22,23,25)/t13-,14+,16-,21+/m1/s1. The van der Waals surface area contributed by atoms with Gasteiger partial charge in [-0.05, 0) is 51.2 Å². The fourth-order valence-electron chi connectivity index (χ4n) is 5.01. The molecule has 0 radical (unpaired) electrons. The molecule has 1 aromatic heterocycles. The number of anilines is 1. The molecule has 4 aliphatic rings. The van der Waals surface area contributed by atoms with Crippen molar-refractivity contribution >= 4 is 28.3 Å². The number of rotatable bonds is 2. The molecule has 2 aromatic rings. The van der Waals surface area contributed by atoms with Crippen LogP contribution in [0.1, 0.15) is 46.6 Å². The zero-order valence-corrected chi connectivity index (χ0v) is 16.8. The molecule has 1 aromatic carbocycles. The summed E-state index contributed by atoms with van der Waals surface area (Å²) in [4.78, 5) is 31.1. The lowest BCUT2D eigenvalue weighted by atomic mass is 9.60. The third-order valence-electron chi connectivity index (χ3n) is 6.56. The molecular formula is C21H23N3O3S. The minimum atomic E-state index is -0.681. The number of benzene rings is 1. The smallest absolute Gasteiger partial charge is 0.258 e. The average molecular weight is 398 g/mol. The number of thiazole rings is 1. The molecule has 2 bridgehead atoms. The summed E-state index contributed by atoms with van der Waals surface area (Å²) in [5.74, 6) is 0.869. The van der Waals surface area contributed by atoms with E-state index >= 15 is 0 Å². The van der Waals surface area contributed by atoms with Crippen LogP contribution in [0.5, 0.6) is 5.75 Å². The molecule has 0 saturated heterocycles. The Labute approximate surface area is 167 Å². The number of aromatic nitrogens is 1. The molecule has 4 atom stereocenters. The van der Waals surface area contributed by atoms with Crippen molar-refractivity contribution in [1.82, 2.24) is 10.3 Å². The fourth-order valence-corrected chi connectivity index (χ4v) is 5.82. The second-order valence-electron chi connectivity index (χ2n) is 8.17. The number of hydrogen-bond donors (Lipinski definition) is 2. The van der Waals surface area contributed by atoms with Crippen LogP contribution in [0.25, 0.3) is 0 Å². The molecule has 6 nitrogen and oxygen atoms in total. The molecule has 1 aliphatic heterocycles. The molecule has 146 valence electrons. The highest BCUT2D eigenvalue weighted by Crippen LogP contribution is 2.52. The van der Waals surface area contributed by atoms with Crippen molar-refractivity contribution in [2.45, 2.75) is 45.3 Å². The van der Waals surface area contributed by atoms with Crippen molar-refractivity contribution in [3.8, 4) is 5.75 Å². The second kappa shape index (κ2) is 6.30. The second-order valence-corrected chi connectivity index (χ2v) is 9.38. The minimum absolute atomic E-state index is 0.0424. The predicted molar refractivity (Wildman–Crippen MR) is 106 cm³/mol. The van der Waals surface area contributed by atoms with Crippen LogP contribution in [-0.2, 0) is 4.79 Å². The Kier molecular flexibility index (Phi) is 3.98. The van der Waals surface area contributed by atoms with Gasteiger partial charge in [-0.1, -0.05) is 12.1 Å². The van der Waals surface area contributed by atoms with E-state index < -0.39 is 5.72 Å². The largest absolute Gasteiger partial charge is 0.467 e. The zero-order chi connectivity index (χ0) is 19.5. The van der Waals surface area contributed by atoms with Crippen LogP contribution in [0.2, 0.25) is 0 Å². The maximum Gasteiger partial charge on any atom is 0.258 e. The molecule has 2 N–H and O–H groups in total. The number of hydrogen-bond acceptors (Lipinski definition) is 5. The molecule has 3 saturated carbocycles. The van der Waals surface area contributed by atoms with Gasteiger partial charge in [0.05, 0.1) is 11.3 Å². The number of ether oxygens (including phenoxy) is 1. The lowest BCUT2D eigenvalue weighted by Gasteiger charge is -2.55. The highest BCUT2D eigenvalue weighted by molar-refractivity contribution is 7.15. The normalized spacial score (nSPS) is 30.5. The van der Waals surface area contributed by atoms with E-state index in [0.717, 1.165) is 29.8 Å². The van der Waals surface area contributed by atoms with Crippen molar-refractivity contribution in [2.24, 2.45) is 17.8 Å². The molecule has 3 fully saturated rings. The van der Waals surface area contributed by atoms with Crippen LogP contribution in [0.3, 0.4) is 0 Å². The highest BCUT2D eigenvalue weighted by atomic mass is 32.1. The average Bonchev–Trinajstić information content (AvgIpc) is 2.99. The molecule has 2 amide bonds. The quantitative estimate of drug-likeness (QED) is 0.811. The SMILES string of the molecule is Cc1nc(NC(=O)[C@@H]2C[C@@H]3CC[C@@H]2C[C@@]32NC(=O)c3ccccc3O2)sc1C. The number of para-hydroxylation sites is 1. The molecule has 3 aliphatic carbocycles. The van der Waals surface area contributed by atoms with E-state index in [1.807, 2.05) is 32.0 Å². The van der Waals surface area contributed by atoms with E-state index in [9.17, 15) is 9.59 Å². The fraction of sp³-hybridized carbons (Fsp3) is 0.476. The maximum atomic E-state index is 12.9. The monoisotopic (exact) mass is 397 g/mol. The van der Waals surface area contributed by atoms with Crippen molar-refractivity contribution in [3.05, 3.63) is 40.4 Å². The van der Waals surface area contributed by atoms with Crippen LogP contribution in [0.15, 0.2) is 24.3 Å². The molecule has 2 heterocycles. The third kappa shape index (κ3) is 2.71. The Bertz CT molecular complexity index is 952. The number of nitrogens with one attached hydrogen (secondary N) is 2. The lowest BCUT2D eigenvalue weighted by molar-refractivity contribution is -0.142. The Morgan fingerprint density at radius 1 is 1.32 bits per heavy atom. The van der Waals surface area contributed by atoms with Crippen molar-refractivity contribution in [3.63, 3.8) is 0 Å². The van der Waals surface area contributed by atoms with Gasteiger partial charge < -0.3 is 15.4 Å². The van der Waals surface area contributed by atoms with Gasteiger partial charge in [0.2, 0.25) is 5.91 Å². The minimum Gasteiger partial charge on any atom is -0.467 e. The van der Waals surface area contributed by atoms with Gasteiger partial charge in [-0.2, -0.15) is 0 Å². The summed E-state index contributed by atoms with van der Waals surface area (Å²) >= 11 is 1.52. The Balaban J connectivity index is 1.35. The Morgan fingerprint density at radius 3 is 2.86 bits per heavy atom. The van der Waals surface area contributed by atoms with E-state index in [1.54, 1.807) is 6.07 Å². The van der Waals surface area contributed by atoms with Gasteiger partial charge >= 0.3 is 0 Å². The van der Waals surface area contributed by atoms with Gasteiger partial charge in [-0.3, -0.25) is 9.59 Å². The maximum absolute atomic E-state index is 12.9. The van der Waals surface area contributed by atoms with Crippen LogP contribution in [-0.4, -0.2) is 22.5 Å². The number of amides is 2. The number of fused-ring (bicyclic) bond motifs is 3. The zero-order valence-electron chi connectivity index (χ0n) is 16.0. The van der Waals surface area contributed by atoms with E-state index in [-0.39, 0.29) is 29.6 Å². The van der Waals surface area contributed by atoms with E-state index in [2.05, 4.69) is 15.6 Å².